The lowest BCUT2D eigenvalue weighted by Crippen LogP contribution is -2.14. The molecule has 0 saturated carbocycles. The summed E-state index contributed by atoms with van der Waals surface area (Å²) >= 11 is 0. The summed E-state index contributed by atoms with van der Waals surface area (Å²) in [5, 5.41) is 11.4. The van der Waals surface area contributed by atoms with Crippen molar-refractivity contribution in [2.24, 2.45) is 0 Å². The van der Waals surface area contributed by atoms with Gasteiger partial charge >= 0.3 is 0 Å². The van der Waals surface area contributed by atoms with E-state index in [0.717, 1.165) is 5.56 Å². The molecule has 0 radical (unpaired) electrons. The second kappa shape index (κ2) is 6.06. The van der Waals surface area contributed by atoms with Crippen LogP contribution in [0.1, 0.15) is 16.1 Å². The van der Waals surface area contributed by atoms with Gasteiger partial charge in [0, 0.05) is 12.3 Å². The van der Waals surface area contributed by atoms with Gasteiger partial charge in [-0.05, 0) is 36.2 Å². The molecule has 1 aromatic heterocycles. The normalized spacial score (nSPS) is 10.2. The maximum Gasteiger partial charge on any atom is 0.274 e. The monoisotopic (exact) mass is 260 g/mol. The van der Waals surface area contributed by atoms with Gasteiger partial charge in [0.25, 0.3) is 5.91 Å². The number of carbonyl (C=O) groups is 1. The van der Waals surface area contributed by atoms with Gasteiger partial charge in [0.2, 0.25) is 5.95 Å². The average Bonchev–Trinajstić information content (AvgIpc) is 2.41. The van der Waals surface area contributed by atoms with Crippen LogP contribution < -0.4 is 5.32 Å². The summed E-state index contributed by atoms with van der Waals surface area (Å²) < 4.78 is 12.9. The molecule has 19 heavy (non-hydrogen) atoms. The lowest BCUT2D eigenvalue weighted by molar-refractivity contribution is 0.102. The highest BCUT2D eigenvalue weighted by molar-refractivity contribution is 6.02. The van der Waals surface area contributed by atoms with Crippen LogP contribution in [0.15, 0.2) is 42.5 Å². The van der Waals surface area contributed by atoms with E-state index in [0.29, 0.717) is 12.1 Å². The molecule has 98 valence electrons. The number of anilines is 1. The Balaban J connectivity index is 2.06. The molecule has 0 saturated heterocycles. The summed E-state index contributed by atoms with van der Waals surface area (Å²) in [5.41, 5.74) is 1.60. The van der Waals surface area contributed by atoms with Crippen LogP contribution in [0.25, 0.3) is 0 Å². The first-order valence-electron chi connectivity index (χ1n) is 5.83. The summed E-state index contributed by atoms with van der Waals surface area (Å²) in [4.78, 5) is 15.3. The number of benzene rings is 1. The number of aromatic nitrogens is 1. The fourth-order valence-corrected chi connectivity index (χ4v) is 1.61. The SMILES string of the molecule is O=C(Nc1ccc(CCO)cc1)c1cccc(F)n1. The Morgan fingerprint density at radius 3 is 2.58 bits per heavy atom. The summed E-state index contributed by atoms with van der Waals surface area (Å²) in [6.07, 6.45) is 0.569. The third-order valence-electron chi connectivity index (χ3n) is 2.56. The Labute approximate surface area is 109 Å². The lowest BCUT2D eigenvalue weighted by atomic mass is 10.1. The molecule has 0 aliphatic heterocycles. The van der Waals surface area contributed by atoms with Crippen molar-refractivity contribution in [2.45, 2.75) is 6.42 Å². The molecule has 2 rings (SSSR count). The smallest absolute Gasteiger partial charge is 0.274 e. The number of aliphatic hydroxyl groups is 1. The molecule has 4 nitrogen and oxygen atoms in total. The minimum absolute atomic E-state index is 0.0273. The molecule has 0 spiro atoms. The van der Waals surface area contributed by atoms with E-state index < -0.39 is 11.9 Å². The second-order valence-corrected chi connectivity index (χ2v) is 3.97. The summed E-state index contributed by atoms with van der Waals surface area (Å²) in [6.45, 7) is 0.0823. The van der Waals surface area contributed by atoms with E-state index in [4.69, 9.17) is 5.11 Å². The number of hydrogen-bond donors (Lipinski definition) is 2. The molecule has 1 amide bonds. The number of pyridine rings is 1. The zero-order valence-corrected chi connectivity index (χ0v) is 10.1. The van der Waals surface area contributed by atoms with Gasteiger partial charge < -0.3 is 10.4 Å². The van der Waals surface area contributed by atoms with Crippen molar-refractivity contribution < 1.29 is 14.3 Å². The van der Waals surface area contributed by atoms with Gasteiger partial charge in [-0.2, -0.15) is 4.39 Å². The van der Waals surface area contributed by atoms with Crippen LogP contribution in [0.2, 0.25) is 0 Å². The van der Waals surface area contributed by atoms with Crippen molar-refractivity contribution in [1.29, 1.82) is 0 Å². The Morgan fingerprint density at radius 1 is 1.21 bits per heavy atom. The second-order valence-electron chi connectivity index (χ2n) is 3.97. The molecule has 0 atom stereocenters. The van der Waals surface area contributed by atoms with Crippen molar-refractivity contribution in [2.75, 3.05) is 11.9 Å². The Bertz CT molecular complexity index is 570. The van der Waals surface area contributed by atoms with E-state index in [2.05, 4.69) is 10.3 Å². The van der Waals surface area contributed by atoms with E-state index >= 15 is 0 Å². The number of amides is 1. The van der Waals surface area contributed by atoms with Gasteiger partial charge in [0.15, 0.2) is 0 Å². The van der Waals surface area contributed by atoms with E-state index in [1.165, 1.54) is 18.2 Å². The zero-order valence-electron chi connectivity index (χ0n) is 10.1. The molecule has 5 heteroatoms. The number of aliphatic hydroxyl groups excluding tert-OH is 1. The zero-order chi connectivity index (χ0) is 13.7. The molecular formula is C14H13FN2O2. The third kappa shape index (κ3) is 3.59. The minimum Gasteiger partial charge on any atom is -0.396 e. The number of nitrogens with zero attached hydrogens (tertiary/aromatic N) is 1. The number of nitrogens with one attached hydrogen (secondary N) is 1. The highest BCUT2D eigenvalue weighted by Gasteiger charge is 2.08. The molecule has 1 heterocycles. The third-order valence-corrected chi connectivity index (χ3v) is 2.56. The highest BCUT2D eigenvalue weighted by atomic mass is 19.1. The van der Waals surface area contributed by atoms with Crippen molar-refractivity contribution >= 4 is 11.6 Å². The predicted octanol–water partition coefficient (Wildman–Crippen LogP) is 2.01. The van der Waals surface area contributed by atoms with Gasteiger partial charge in [-0.25, -0.2) is 4.98 Å². The first kappa shape index (κ1) is 13.2. The summed E-state index contributed by atoms with van der Waals surface area (Å²) in [5.74, 6) is -1.15. The largest absolute Gasteiger partial charge is 0.396 e. The molecule has 0 unspecified atom stereocenters. The van der Waals surface area contributed by atoms with Gasteiger partial charge in [-0.15, -0.1) is 0 Å². The van der Waals surface area contributed by atoms with Crippen LogP contribution in [0.4, 0.5) is 10.1 Å². The number of hydrogen-bond acceptors (Lipinski definition) is 3. The first-order valence-corrected chi connectivity index (χ1v) is 5.83. The Kier molecular flexibility index (Phi) is 4.20. The molecule has 0 aliphatic carbocycles. The standard InChI is InChI=1S/C14H13FN2O2/c15-13-3-1-2-12(17-13)14(19)16-11-6-4-10(5-7-11)8-9-18/h1-7,18H,8-9H2,(H,16,19). The fraction of sp³-hybridized carbons (Fsp3) is 0.143. The number of halogens is 1. The van der Waals surface area contributed by atoms with Gasteiger partial charge in [0.1, 0.15) is 5.69 Å². The van der Waals surface area contributed by atoms with Gasteiger partial charge in [-0.3, -0.25) is 4.79 Å². The van der Waals surface area contributed by atoms with Crippen LogP contribution in [-0.2, 0) is 6.42 Å². The quantitative estimate of drug-likeness (QED) is 0.827. The molecule has 2 N–H and O–H groups in total. The van der Waals surface area contributed by atoms with E-state index in [9.17, 15) is 9.18 Å². The minimum atomic E-state index is -0.689. The molecule has 2 aromatic rings. The maximum atomic E-state index is 12.9. The van der Waals surface area contributed by atoms with Crippen molar-refractivity contribution in [3.8, 4) is 0 Å². The summed E-state index contributed by atoms with van der Waals surface area (Å²) in [7, 11) is 0. The van der Waals surface area contributed by atoms with Gasteiger partial charge in [0.05, 0.1) is 0 Å². The maximum absolute atomic E-state index is 12.9. The van der Waals surface area contributed by atoms with Crippen molar-refractivity contribution in [3.63, 3.8) is 0 Å². The highest BCUT2D eigenvalue weighted by Crippen LogP contribution is 2.11. The van der Waals surface area contributed by atoms with Crippen LogP contribution >= 0.6 is 0 Å². The summed E-state index contributed by atoms with van der Waals surface area (Å²) in [6, 6.07) is 11.1. The fourth-order valence-electron chi connectivity index (χ4n) is 1.61. The molecule has 1 aromatic carbocycles. The van der Waals surface area contributed by atoms with E-state index in [1.54, 1.807) is 12.1 Å². The number of carbonyl (C=O) groups excluding carboxylic acids is 1. The molecule has 0 fully saturated rings. The van der Waals surface area contributed by atoms with Gasteiger partial charge in [-0.1, -0.05) is 18.2 Å². The van der Waals surface area contributed by atoms with Crippen molar-refractivity contribution in [1.82, 2.24) is 4.98 Å². The van der Waals surface area contributed by atoms with E-state index in [-0.39, 0.29) is 12.3 Å². The average molecular weight is 260 g/mol. The number of rotatable bonds is 4. The van der Waals surface area contributed by atoms with Crippen molar-refractivity contribution in [3.05, 3.63) is 59.7 Å². The van der Waals surface area contributed by atoms with Crippen LogP contribution in [0.3, 0.4) is 0 Å². The van der Waals surface area contributed by atoms with Crippen LogP contribution in [-0.4, -0.2) is 22.6 Å². The lowest BCUT2D eigenvalue weighted by Gasteiger charge is -2.05. The van der Waals surface area contributed by atoms with Crippen LogP contribution in [0, 0.1) is 5.95 Å². The molecule has 0 bridgehead atoms. The first-order chi connectivity index (χ1) is 9.19. The molecular weight excluding hydrogens is 247 g/mol. The Morgan fingerprint density at radius 2 is 1.95 bits per heavy atom. The van der Waals surface area contributed by atoms with E-state index in [1.807, 2.05) is 12.1 Å². The predicted molar refractivity (Wildman–Crippen MR) is 69.4 cm³/mol. The molecule has 0 aliphatic rings. The van der Waals surface area contributed by atoms with Crippen LogP contribution in [0.5, 0.6) is 0 Å². The Hall–Kier alpha value is -2.27. The topological polar surface area (TPSA) is 62.2 Å².